The van der Waals surface area contributed by atoms with E-state index in [-0.39, 0.29) is 6.09 Å². The van der Waals surface area contributed by atoms with Gasteiger partial charge < -0.3 is 9.64 Å². The summed E-state index contributed by atoms with van der Waals surface area (Å²) in [5.41, 5.74) is 1.03. The van der Waals surface area contributed by atoms with Crippen molar-refractivity contribution in [3.63, 3.8) is 0 Å². The highest BCUT2D eigenvalue weighted by molar-refractivity contribution is 9.09. The average Bonchev–Trinajstić information content (AvgIpc) is 2.64. The van der Waals surface area contributed by atoms with Crippen LogP contribution in [-0.2, 0) is 11.3 Å². The number of amides is 1. The topological polar surface area (TPSA) is 29.5 Å². The van der Waals surface area contributed by atoms with E-state index in [1.807, 2.05) is 42.3 Å². The molecule has 0 saturated heterocycles. The van der Waals surface area contributed by atoms with E-state index in [9.17, 15) is 4.79 Å². The molecule has 1 aromatic carbocycles. The van der Waals surface area contributed by atoms with Crippen molar-refractivity contribution >= 4 is 22.0 Å². The number of ether oxygens (including phenoxy) is 1. The van der Waals surface area contributed by atoms with Gasteiger partial charge in [0.2, 0.25) is 0 Å². The second-order valence-corrected chi connectivity index (χ2v) is 7.66. The molecule has 1 aliphatic rings. The van der Waals surface area contributed by atoms with Crippen LogP contribution in [-0.4, -0.2) is 29.4 Å². The van der Waals surface area contributed by atoms with Gasteiger partial charge in [-0.3, -0.25) is 0 Å². The smallest absolute Gasteiger partial charge is 0.410 e. The first-order valence-electron chi connectivity index (χ1n) is 9.20. The lowest BCUT2D eigenvalue weighted by Gasteiger charge is -2.34. The molecule has 2 rings (SSSR count). The minimum absolute atomic E-state index is 0.195. The van der Waals surface area contributed by atoms with Gasteiger partial charge in [-0.15, -0.1) is 0 Å². The Kier molecular flexibility index (Phi) is 8.65. The fourth-order valence-corrected chi connectivity index (χ4v) is 3.89. The van der Waals surface area contributed by atoms with Crippen LogP contribution in [0.25, 0.3) is 0 Å². The lowest BCUT2D eigenvalue weighted by molar-refractivity contribution is 0.0786. The number of carbonyl (C=O) groups excluding carboxylic acids is 1. The Labute approximate surface area is 154 Å². The van der Waals surface area contributed by atoms with Gasteiger partial charge in [0, 0.05) is 18.4 Å². The Bertz CT molecular complexity index is 472. The van der Waals surface area contributed by atoms with E-state index in [1.165, 1.54) is 38.5 Å². The van der Waals surface area contributed by atoms with Crippen LogP contribution >= 0.6 is 15.9 Å². The third kappa shape index (κ3) is 6.46. The molecule has 1 amide bonds. The van der Waals surface area contributed by atoms with Crippen molar-refractivity contribution in [2.24, 2.45) is 5.92 Å². The molecule has 1 saturated carbocycles. The van der Waals surface area contributed by atoms with Gasteiger partial charge in [-0.2, -0.15) is 0 Å². The number of unbranched alkanes of at least 4 members (excludes halogenated alkanes) is 2. The van der Waals surface area contributed by atoms with Crippen LogP contribution in [0.1, 0.15) is 56.9 Å². The van der Waals surface area contributed by atoms with Gasteiger partial charge in [0.1, 0.15) is 6.61 Å². The highest BCUT2D eigenvalue weighted by Crippen LogP contribution is 2.30. The first kappa shape index (κ1) is 19.3. The second kappa shape index (κ2) is 10.8. The molecular weight excluding hydrogens is 366 g/mol. The first-order chi connectivity index (χ1) is 11.7. The molecule has 0 radical (unpaired) electrons. The highest BCUT2D eigenvalue weighted by atomic mass is 79.9. The molecule has 0 aromatic heterocycles. The molecule has 0 unspecified atom stereocenters. The highest BCUT2D eigenvalue weighted by Gasteiger charge is 2.27. The van der Waals surface area contributed by atoms with Gasteiger partial charge >= 0.3 is 6.09 Å². The summed E-state index contributed by atoms with van der Waals surface area (Å²) in [4.78, 5) is 14.0. The zero-order valence-corrected chi connectivity index (χ0v) is 16.3. The summed E-state index contributed by atoms with van der Waals surface area (Å²) in [7, 11) is 1.88. The Morgan fingerprint density at radius 1 is 1.12 bits per heavy atom. The van der Waals surface area contributed by atoms with Crippen LogP contribution in [0.5, 0.6) is 0 Å². The first-order valence-corrected chi connectivity index (χ1v) is 10.3. The molecule has 0 bridgehead atoms. The van der Waals surface area contributed by atoms with Crippen molar-refractivity contribution in [2.75, 3.05) is 12.4 Å². The van der Waals surface area contributed by atoms with Crippen LogP contribution in [0, 0.1) is 5.92 Å². The summed E-state index contributed by atoms with van der Waals surface area (Å²) in [5.74, 6) is 0.852. The Morgan fingerprint density at radius 2 is 1.83 bits per heavy atom. The minimum atomic E-state index is -0.195. The molecule has 0 heterocycles. The average molecular weight is 396 g/mol. The van der Waals surface area contributed by atoms with E-state index in [1.54, 1.807) is 0 Å². The van der Waals surface area contributed by atoms with Crippen molar-refractivity contribution < 1.29 is 9.53 Å². The summed E-state index contributed by atoms with van der Waals surface area (Å²) in [6, 6.07) is 10.2. The molecule has 1 aliphatic carbocycles. The second-order valence-electron chi connectivity index (χ2n) is 6.86. The van der Waals surface area contributed by atoms with Crippen molar-refractivity contribution in [3.8, 4) is 0 Å². The molecule has 24 heavy (non-hydrogen) atoms. The lowest BCUT2D eigenvalue weighted by atomic mass is 9.82. The molecule has 0 N–H and O–H groups in total. The molecule has 134 valence electrons. The fraction of sp³-hybridized carbons (Fsp3) is 0.650. The van der Waals surface area contributed by atoms with Crippen LogP contribution in [0.2, 0.25) is 0 Å². The van der Waals surface area contributed by atoms with E-state index in [2.05, 4.69) is 15.9 Å². The molecule has 0 atom stereocenters. The number of halogens is 1. The number of nitrogens with zero attached hydrogens (tertiary/aromatic N) is 1. The van der Waals surface area contributed by atoms with Gasteiger partial charge in [-0.25, -0.2) is 4.79 Å². The number of hydrogen-bond acceptors (Lipinski definition) is 2. The van der Waals surface area contributed by atoms with E-state index in [4.69, 9.17) is 4.74 Å². The maximum atomic E-state index is 12.2. The minimum Gasteiger partial charge on any atom is -0.445 e. The maximum Gasteiger partial charge on any atom is 0.410 e. The summed E-state index contributed by atoms with van der Waals surface area (Å²) in [5, 5.41) is 1.12. The molecule has 1 aromatic rings. The van der Waals surface area contributed by atoms with Crippen molar-refractivity contribution in [1.82, 2.24) is 4.90 Å². The third-order valence-corrected chi connectivity index (χ3v) is 5.66. The number of benzene rings is 1. The number of rotatable bonds is 8. The van der Waals surface area contributed by atoms with E-state index >= 15 is 0 Å². The fourth-order valence-electron chi connectivity index (χ4n) is 3.50. The van der Waals surface area contributed by atoms with Crippen LogP contribution < -0.4 is 0 Å². The molecular formula is C20H30BrNO2. The Hall–Kier alpha value is -1.03. The van der Waals surface area contributed by atoms with E-state index in [0.29, 0.717) is 12.6 Å². The maximum absolute atomic E-state index is 12.2. The molecule has 0 aliphatic heterocycles. The van der Waals surface area contributed by atoms with Gasteiger partial charge in [0.25, 0.3) is 0 Å². The molecule has 4 heteroatoms. The van der Waals surface area contributed by atoms with Gasteiger partial charge in [-0.1, -0.05) is 65.5 Å². The number of alkyl halides is 1. The molecule has 0 spiro atoms. The predicted octanol–water partition coefficient (Wildman–Crippen LogP) is 5.77. The molecule has 1 fully saturated rings. The summed E-state index contributed by atoms with van der Waals surface area (Å²) < 4.78 is 5.44. The standard InChI is InChI=1S/C20H30BrNO2/c1-22(20(23)24-16-18-9-4-2-5-10-18)19-13-11-17(12-14-19)8-6-3-7-15-21/h2,4-5,9-10,17,19H,3,6-8,11-16H2,1H3/t17-,19-. The normalized spacial score (nSPS) is 20.6. The van der Waals surface area contributed by atoms with Crippen LogP contribution in [0.15, 0.2) is 30.3 Å². The predicted molar refractivity (Wildman–Crippen MR) is 102 cm³/mol. The third-order valence-electron chi connectivity index (χ3n) is 5.10. The quantitative estimate of drug-likeness (QED) is 0.412. The van der Waals surface area contributed by atoms with Gasteiger partial charge in [0.15, 0.2) is 0 Å². The zero-order chi connectivity index (χ0) is 17.2. The SMILES string of the molecule is CN(C(=O)OCc1ccccc1)[C@H]1CC[C@H](CCCCCBr)CC1. The number of carbonyl (C=O) groups is 1. The van der Waals surface area contributed by atoms with Crippen molar-refractivity contribution in [3.05, 3.63) is 35.9 Å². The summed E-state index contributed by atoms with van der Waals surface area (Å²) >= 11 is 3.49. The van der Waals surface area contributed by atoms with Gasteiger partial charge in [-0.05, 0) is 43.6 Å². The summed E-state index contributed by atoms with van der Waals surface area (Å²) in [6.07, 6.45) is 9.82. The van der Waals surface area contributed by atoms with Gasteiger partial charge in [0.05, 0.1) is 0 Å². The monoisotopic (exact) mass is 395 g/mol. The lowest BCUT2D eigenvalue weighted by Crippen LogP contribution is -2.39. The van der Waals surface area contributed by atoms with Crippen molar-refractivity contribution in [2.45, 2.75) is 64.0 Å². The number of hydrogen-bond donors (Lipinski definition) is 0. The van der Waals surface area contributed by atoms with Crippen LogP contribution in [0.4, 0.5) is 4.79 Å². The Morgan fingerprint density at radius 3 is 2.50 bits per heavy atom. The van der Waals surface area contributed by atoms with Crippen molar-refractivity contribution in [1.29, 1.82) is 0 Å². The summed E-state index contributed by atoms with van der Waals surface area (Å²) in [6.45, 7) is 0.354. The van der Waals surface area contributed by atoms with E-state index < -0.39 is 0 Å². The Balaban J connectivity index is 1.66. The van der Waals surface area contributed by atoms with Crippen LogP contribution in [0.3, 0.4) is 0 Å². The zero-order valence-electron chi connectivity index (χ0n) is 14.8. The van der Waals surface area contributed by atoms with E-state index in [0.717, 1.165) is 29.7 Å². The molecule has 3 nitrogen and oxygen atoms in total. The largest absolute Gasteiger partial charge is 0.445 e.